The molecule has 1 saturated heterocycles. The summed E-state index contributed by atoms with van der Waals surface area (Å²) < 4.78 is 7.78. The van der Waals surface area contributed by atoms with Crippen LogP contribution >= 0.6 is 0 Å². The molecule has 1 atom stereocenters. The third-order valence-corrected chi connectivity index (χ3v) is 4.52. The predicted molar refractivity (Wildman–Crippen MR) is 83.3 cm³/mol. The first-order chi connectivity index (χ1) is 10.8. The highest BCUT2D eigenvalue weighted by atomic mass is 16.4. The second-order valence-corrected chi connectivity index (χ2v) is 6.06. The first-order valence-corrected chi connectivity index (χ1v) is 8.27. The molecular formula is C16H25N5O. The van der Waals surface area contributed by atoms with Gasteiger partial charge in [-0.15, -0.1) is 10.2 Å². The molecule has 1 aliphatic rings. The van der Waals surface area contributed by atoms with Gasteiger partial charge in [-0.3, -0.25) is 4.90 Å². The van der Waals surface area contributed by atoms with E-state index in [9.17, 15) is 0 Å². The Balaban J connectivity index is 1.59. The summed E-state index contributed by atoms with van der Waals surface area (Å²) in [4.78, 5) is 6.93. The molecule has 1 aliphatic heterocycles. The van der Waals surface area contributed by atoms with Gasteiger partial charge in [0.15, 0.2) is 0 Å². The summed E-state index contributed by atoms with van der Waals surface area (Å²) in [5.41, 5.74) is 0. The minimum Gasteiger partial charge on any atom is -0.424 e. The van der Waals surface area contributed by atoms with E-state index in [0.717, 1.165) is 50.0 Å². The van der Waals surface area contributed by atoms with Gasteiger partial charge in [-0.25, -0.2) is 4.98 Å². The lowest BCUT2D eigenvalue weighted by molar-refractivity contribution is 0.119. The second kappa shape index (κ2) is 7.05. The first kappa shape index (κ1) is 15.2. The van der Waals surface area contributed by atoms with Gasteiger partial charge < -0.3 is 8.98 Å². The van der Waals surface area contributed by atoms with Crippen molar-refractivity contribution in [1.82, 2.24) is 24.6 Å². The Morgan fingerprint density at radius 1 is 1.27 bits per heavy atom. The van der Waals surface area contributed by atoms with E-state index in [2.05, 4.69) is 31.7 Å². The first-order valence-electron chi connectivity index (χ1n) is 8.27. The van der Waals surface area contributed by atoms with Crippen LogP contribution < -0.4 is 0 Å². The normalized spacial score (nSPS) is 19.6. The average molecular weight is 303 g/mol. The van der Waals surface area contributed by atoms with Crippen LogP contribution in [0.4, 0.5) is 0 Å². The summed E-state index contributed by atoms with van der Waals surface area (Å²) in [5, 5.41) is 8.23. The van der Waals surface area contributed by atoms with E-state index in [0.29, 0.717) is 6.04 Å². The number of hydrogen-bond donors (Lipinski definition) is 0. The average Bonchev–Trinajstić information content (AvgIpc) is 3.15. The molecule has 2 aromatic heterocycles. The van der Waals surface area contributed by atoms with Gasteiger partial charge in [-0.2, -0.15) is 0 Å². The van der Waals surface area contributed by atoms with Gasteiger partial charge in [0.25, 0.3) is 0 Å². The molecular weight excluding hydrogens is 278 g/mol. The lowest BCUT2D eigenvalue weighted by atomic mass is 9.98. The van der Waals surface area contributed by atoms with Crippen LogP contribution in [0, 0.1) is 0 Å². The Morgan fingerprint density at radius 3 is 2.86 bits per heavy atom. The molecule has 2 aromatic rings. The SMILES string of the molecule is CCc1nnc(CN2CCCCC2CCc2nccn2C)o1. The van der Waals surface area contributed by atoms with Crippen LogP contribution in [0.5, 0.6) is 0 Å². The number of aryl methyl sites for hydroxylation is 3. The molecule has 120 valence electrons. The van der Waals surface area contributed by atoms with Gasteiger partial charge in [0.05, 0.1) is 6.54 Å². The zero-order valence-corrected chi connectivity index (χ0v) is 13.5. The number of rotatable bonds is 6. The van der Waals surface area contributed by atoms with Crippen LogP contribution in [0.1, 0.15) is 50.2 Å². The van der Waals surface area contributed by atoms with Crippen molar-refractivity contribution in [3.05, 3.63) is 30.0 Å². The molecule has 0 spiro atoms. The van der Waals surface area contributed by atoms with Crippen molar-refractivity contribution in [1.29, 1.82) is 0 Å². The topological polar surface area (TPSA) is 60.0 Å². The van der Waals surface area contributed by atoms with Crippen molar-refractivity contribution < 1.29 is 4.42 Å². The molecule has 0 aromatic carbocycles. The molecule has 1 unspecified atom stereocenters. The molecule has 0 amide bonds. The van der Waals surface area contributed by atoms with E-state index >= 15 is 0 Å². The quantitative estimate of drug-likeness (QED) is 0.820. The maximum absolute atomic E-state index is 5.67. The van der Waals surface area contributed by atoms with Crippen molar-refractivity contribution in [2.75, 3.05) is 6.54 Å². The van der Waals surface area contributed by atoms with Crippen LogP contribution in [-0.4, -0.2) is 37.2 Å². The number of imidazole rings is 1. The molecule has 6 nitrogen and oxygen atoms in total. The summed E-state index contributed by atoms with van der Waals surface area (Å²) in [7, 11) is 2.06. The van der Waals surface area contributed by atoms with Crippen LogP contribution in [0.3, 0.4) is 0 Å². The summed E-state index contributed by atoms with van der Waals surface area (Å²) in [5.74, 6) is 2.65. The maximum Gasteiger partial charge on any atom is 0.230 e. The Labute approximate surface area is 131 Å². The second-order valence-electron chi connectivity index (χ2n) is 6.06. The van der Waals surface area contributed by atoms with E-state index in [1.54, 1.807) is 0 Å². The number of aromatic nitrogens is 4. The Hall–Kier alpha value is -1.69. The monoisotopic (exact) mass is 303 g/mol. The molecule has 0 bridgehead atoms. The molecule has 0 radical (unpaired) electrons. The van der Waals surface area contributed by atoms with Crippen molar-refractivity contribution in [2.45, 2.75) is 58.0 Å². The minimum atomic E-state index is 0.586. The molecule has 0 saturated carbocycles. The third-order valence-electron chi connectivity index (χ3n) is 4.52. The maximum atomic E-state index is 5.67. The van der Waals surface area contributed by atoms with Gasteiger partial charge in [-0.05, 0) is 25.8 Å². The van der Waals surface area contributed by atoms with Crippen molar-refractivity contribution >= 4 is 0 Å². The molecule has 6 heteroatoms. The molecule has 3 rings (SSSR count). The van der Waals surface area contributed by atoms with Crippen molar-refractivity contribution in [3.63, 3.8) is 0 Å². The van der Waals surface area contributed by atoms with Gasteiger partial charge in [0, 0.05) is 38.3 Å². The number of likely N-dealkylation sites (tertiary alicyclic amines) is 1. The van der Waals surface area contributed by atoms with E-state index in [1.165, 1.54) is 19.3 Å². The summed E-state index contributed by atoms with van der Waals surface area (Å²) in [6, 6.07) is 0.586. The standard InChI is InChI=1S/C16H25N5O/c1-3-15-18-19-16(22-15)12-21-10-5-4-6-13(21)7-8-14-17-9-11-20(14)2/h9,11,13H,3-8,10,12H2,1-2H3. The van der Waals surface area contributed by atoms with E-state index in [1.807, 2.05) is 19.3 Å². The van der Waals surface area contributed by atoms with Gasteiger partial charge in [0.2, 0.25) is 11.8 Å². The smallest absolute Gasteiger partial charge is 0.230 e. The van der Waals surface area contributed by atoms with Crippen molar-refractivity contribution in [3.8, 4) is 0 Å². The van der Waals surface area contributed by atoms with Crippen LogP contribution in [0.15, 0.2) is 16.8 Å². The fraction of sp³-hybridized carbons (Fsp3) is 0.688. The highest BCUT2D eigenvalue weighted by Gasteiger charge is 2.24. The van der Waals surface area contributed by atoms with Gasteiger partial charge in [-0.1, -0.05) is 13.3 Å². The Morgan fingerprint density at radius 2 is 2.14 bits per heavy atom. The van der Waals surface area contributed by atoms with Gasteiger partial charge >= 0.3 is 0 Å². The Kier molecular flexibility index (Phi) is 4.87. The fourth-order valence-electron chi connectivity index (χ4n) is 3.20. The molecule has 0 aliphatic carbocycles. The third kappa shape index (κ3) is 3.55. The molecule has 0 N–H and O–H groups in total. The molecule has 3 heterocycles. The summed E-state index contributed by atoms with van der Waals surface area (Å²) in [6.45, 7) is 3.93. The number of hydrogen-bond acceptors (Lipinski definition) is 5. The van der Waals surface area contributed by atoms with E-state index in [4.69, 9.17) is 4.42 Å². The van der Waals surface area contributed by atoms with Crippen LogP contribution in [-0.2, 0) is 26.4 Å². The minimum absolute atomic E-state index is 0.586. The van der Waals surface area contributed by atoms with Gasteiger partial charge in [0.1, 0.15) is 5.82 Å². The molecule has 1 fully saturated rings. The summed E-state index contributed by atoms with van der Waals surface area (Å²) >= 11 is 0. The zero-order chi connectivity index (χ0) is 15.4. The van der Waals surface area contributed by atoms with Crippen molar-refractivity contribution in [2.24, 2.45) is 7.05 Å². The predicted octanol–water partition coefficient (Wildman–Crippen LogP) is 2.35. The number of piperidine rings is 1. The van der Waals surface area contributed by atoms with E-state index in [-0.39, 0.29) is 0 Å². The number of nitrogens with zero attached hydrogens (tertiary/aromatic N) is 5. The van der Waals surface area contributed by atoms with E-state index < -0.39 is 0 Å². The molecule has 22 heavy (non-hydrogen) atoms. The highest BCUT2D eigenvalue weighted by molar-refractivity contribution is 4.93. The lowest BCUT2D eigenvalue weighted by Crippen LogP contribution is -2.39. The summed E-state index contributed by atoms with van der Waals surface area (Å²) in [6.07, 6.45) is 10.7. The largest absolute Gasteiger partial charge is 0.424 e. The van der Waals surface area contributed by atoms with Crippen LogP contribution in [0.2, 0.25) is 0 Å². The lowest BCUT2D eigenvalue weighted by Gasteiger charge is -2.34. The zero-order valence-electron chi connectivity index (χ0n) is 13.5. The highest BCUT2D eigenvalue weighted by Crippen LogP contribution is 2.23. The Bertz CT molecular complexity index is 591. The van der Waals surface area contributed by atoms with Crippen LogP contribution in [0.25, 0.3) is 0 Å². The fourth-order valence-corrected chi connectivity index (χ4v) is 3.20.